The topological polar surface area (TPSA) is 127 Å². The molecule has 8 aromatic carbocycles. The Bertz CT molecular complexity index is 3520. The molecule has 280 valence electrons. The standard InChI is InChI=1S/C48H26N7O3S.Zn/c56-59(57)58-55-47-41-23-33-15-7-5-13-31(33)21-39(41)44(53-47)50-26-36-18-28-10-2-1-9-27(28)17-35(36)25-49-43-37-19-29-11-3-4-12-30(29)20-38(37)45(51-43)52-46-40-22-32-14-6-8-16-34(32)24-42(40)48(55)54-46;/h1-25H,(H,56,57);/q-1;/p-1. The van der Waals surface area contributed by atoms with Crippen LogP contribution in [0.1, 0.15) is 44.5 Å². The summed E-state index contributed by atoms with van der Waals surface area (Å²) in [6.07, 6.45) is 0. The van der Waals surface area contributed by atoms with E-state index < -0.39 is 11.4 Å². The van der Waals surface area contributed by atoms with Crippen molar-refractivity contribution in [3.63, 3.8) is 0 Å². The molecule has 8 aromatic rings. The Labute approximate surface area is 354 Å². The Morgan fingerprint density at radius 2 is 0.817 bits per heavy atom. The second-order valence-corrected chi connectivity index (χ2v) is 16.8. The summed E-state index contributed by atoms with van der Waals surface area (Å²) >= 11 is -2.35. The molecule has 60 heavy (non-hydrogen) atoms. The van der Waals surface area contributed by atoms with Gasteiger partial charge in [0.1, 0.15) is 0 Å². The van der Waals surface area contributed by atoms with E-state index in [9.17, 15) is 8.76 Å². The van der Waals surface area contributed by atoms with Crippen molar-refractivity contribution in [2.24, 2.45) is 30.0 Å². The van der Waals surface area contributed by atoms with Crippen LogP contribution in [0.2, 0.25) is 0 Å². The number of hydrogen-bond acceptors (Lipinski definition) is 10. The Kier molecular flexibility index (Phi) is 7.91. The second kappa shape index (κ2) is 13.6. The van der Waals surface area contributed by atoms with E-state index in [4.69, 9.17) is 34.2 Å². The van der Waals surface area contributed by atoms with Gasteiger partial charge in [0.05, 0.1) is 0 Å². The molecule has 1 unspecified atom stereocenters. The molecule has 0 aliphatic carbocycles. The molecule has 0 N–H and O–H groups in total. The average molecular weight is 845 g/mol. The van der Waals surface area contributed by atoms with Crippen LogP contribution in [0.4, 0.5) is 0 Å². The van der Waals surface area contributed by atoms with Crippen LogP contribution in [0.3, 0.4) is 0 Å². The molecule has 0 spiro atoms. The third kappa shape index (κ3) is 5.68. The number of nitrogens with zero attached hydrogens (tertiary/aromatic N) is 7. The van der Waals surface area contributed by atoms with E-state index in [1.165, 1.54) is 5.06 Å². The first-order valence-electron chi connectivity index (χ1n) is 19.2. The predicted molar refractivity (Wildman–Crippen MR) is 234 cm³/mol. The summed E-state index contributed by atoms with van der Waals surface area (Å²) in [4.78, 5) is 30.8. The molecule has 6 bridgehead atoms. The van der Waals surface area contributed by atoms with Gasteiger partial charge in [-0.25, -0.2) is 0 Å². The summed E-state index contributed by atoms with van der Waals surface area (Å²) < 4.78 is 32.0. The van der Waals surface area contributed by atoms with Crippen LogP contribution >= 0.6 is 0 Å². The molecule has 12 rings (SSSR count). The van der Waals surface area contributed by atoms with Crippen molar-refractivity contribution in [1.82, 2.24) is 5.06 Å². The molecule has 4 aliphatic heterocycles. The van der Waals surface area contributed by atoms with Crippen molar-refractivity contribution in [1.29, 1.82) is 0 Å². The van der Waals surface area contributed by atoms with Crippen LogP contribution in [0, 0.1) is 6.54 Å². The maximum atomic E-state index is 12.7. The summed E-state index contributed by atoms with van der Waals surface area (Å²) in [6.45, 7) is 1.86. The van der Waals surface area contributed by atoms with Gasteiger partial charge in [-0.1, -0.05) is 6.07 Å². The van der Waals surface area contributed by atoms with E-state index in [2.05, 4.69) is 48.5 Å². The average Bonchev–Trinajstić information content (AvgIpc) is 3.91. The van der Waals surface area contributed by atoms with Gasteiger partial charge in [0.2, 0.25) is 0 Å². The predicted octanol–water partition coefficient (Wildman–Crippen LogP) is 8.50. The molecule has 4 heterocycles. The number of aliphatic imine (C=N–C) groups is 6. The molecule has 0 saturated carbocycles. The van der Waals surface area contributed by atoms with Gasteiger partial charge in [-0.05, 0) is 0 Å². The Balaban J connectivity index is 1.17. The minimum atomic E-state index is -3.03. The van der Waals surface area contributed by atoms with Crippen molar-refractivity contribution in [2.75, 3.05) is 0 Å². The SMILES string of the molecule is O=S([O-])ON1C2=NC(=N[C](=[Zn])c3cc4ccccc4cc3[CH-]N=C3N=C(N=C4N=C1c1cc5ccccc5cc14)c1cc4ccccc4cc13)c1cc3ccccc3cc12. The van der Waals surface area contributed by atoms with Gasteiger partial charge in [-0.3, -0.25) is 0 Å². The van der Waals surface area contributed by atoms with Gasteiger partial charge < -0.3 is 0 Å². The molecular weight excluding hydrogens is 820 g/mol. The van der Waals surface area contributed by atoms with Crippen molar-refractivity contribution >= 4 is 93.7 Å². The van der Waals surface area contributed by atoms with Crippen molar-refractivity contribution in [2.45, 2.75) is 0 Å². The zero-order valence-electron chi connectivity index (χ0n) is 31.4. The van der Waals surface area contributed by atoms with E-state index in [0.717, 1.165) is 75.1 Å². The van der Waals surface area contributed by atoms with Gasteiger partial charge in [0.15, 0.2) is 0 Å². The molecule has 0 amide bonds. The molecule has 12 heteroatoms. The number of benzene rings is 8. The minimum absolute atomic E-state index is 0.202. The molecule has 4 aliphatic rings. The number of fused-ring (bicyclic) bond motifs is 17. The maximum absolute atomic E-state index is 12.7. The summed E-state index contributed by atoms with van der Waals surface area (Å²) in [5.74, 6) is 2.12. The molecule has 0 aromatic heterocycles. The Hall–Kier alpha value is -6.95. The monoisotopic (exact) mass is 843 g/mol. The van der Waals surface area contributed by atoms with Crippen LogP contribution in [0.15, 0.2) is 176 Å². The fourth-order valence-corrected chi connectivity index (χ4v) is 9.64. The fourth-order valence-electron chi connectivity index (χ4n) is 8.42. The second-order valence-electron chi connectivity index (χ2n) is 14.8. The molecule has 0 radical (unpaired) electrons. The normalized spacial score (nSPS) is 15.9. The van der Waals surface area contributed by atoms with Crippen LogP contribution in [0.25, 0.3) is 43.1 Å². The molecule has 1 atom stereocenters. The number of rotatable bonds is 2. The van der Waals surface area contributed by atoms with Crippen LogP contribution < -0.4 is 0 Å². The Morgan fingerprint density at radius 3 is 1.28 bits per heavy atom. The quantitative estimate of drug-likeness (QED) is 0.0983. The van der Waals surface area contributed by atoms with Crippen molar-refractivity contribution in [3.8, 4) is 0 Å². The van der Waals surface area contributed by atoms with Crippen LogP contribution in [-0.4, -0.2) is 53.1 Å². The van der Waals surface area contributed by atoms with Gasteiger partial charge in [0, 0.05) is 0 Å². The summed E-state index contributed by atoms with van der Waals surface area (Å²) in [5, 5.41) is 9.21. The fraction of sp³-hybridized carbons (Fsp3) is 0. The first kappa shape index (κ1) is 35.0. The molecular formula is C48H25N7O3SZn-2. The van der Waals surface area contributed by atoms with E-state index in [0.29, 0.717) is 57.9 Å². The van der Waals surface area contributed by atoms with E-state index in [1.54, 1.807) is 0 Å². The van der Waals surface area contributed by atoms with Gasteiger partial charge in [-0.2, -0.15) is 0 Å². The van der Waals surface area contributed by atoms with E-state index in [1.807, 2.05) is 104 Å². The summed E-state index contributed by atoms with van der Waals surface area (Å²) in [7, 11) is 0. The molecule has 0 fully saturated rings. The number of hydroxylamine groups is 2. The zero-order chi connectivity index (χ0) is 40.1. The first-order valence-corrected chi connectivity index (χ1v) is 21.7. The Morgan fingerprint density at radius 1 is 0.467 bits per heavy atom. The molecule has 0 saturated heterocycles. The first-order chi connectivity index (χ1) is 29.4. The summed E-state index contributed by atoms with van der Waals surface area (Å²) in [5.41, 5.74) is 6.08. The van der Waals surface area contributed by atoms with Crippen molar-refractivity contribution in [3.05, 3.63) is 197 Å². The molecule has 10 nitrogen and oxygen atoms in total. The van der Waals surface area contributed by atoms with Crippen LogP contribution in [-0.2, 0) is 33.5 Å². The van der Waals surface area contributed by atoms with Gasteiger partial charge in [0.25, 0.3) is 0 Å². The number of amidine groups is 6. The van der Waals surface area contributed by atoms with Crippen molar-refractivity contribution < 1.29 is 30.9 Å². The zero-order valence-corrected chi connectivity index (χ0v) is 35.2. The van der Waals surface area contributed by atoms with Crippen LogP contribution in [0.5, 0.6) is 0 Å². The summed E-state index contributed by atoms with van der Waals surface area (Å²) in [6, 6.07) is 48.8. The van der Waals surface area contributed by atoms with E-state index in [-0.39, 0.29) is 11.7 Å². The van der Waals surface area contributed by atoms with Gasteiger partial charge in [-0.15, -0.1) is 0 Å². The van der Waals surface area contributed by atoms with Gasteiger partial charge >= 0.3 is 350 Å². The number of hydrogen-bond donors (Lipinski definition) is 0. The van der Waals surface area contributed by atoms with E-state index >= 15 is 0 Å². The third-order valence-electron chi connectivity index (χ3n) is 11.3. The third-order valence-corrected chi connectivity index (χ3v) is 12.7.